The number of carboxylic acid groups (broad SMARTS) is 1. The van der Waals surface area contributed by atoms with Gasteiger partial charge in [-0.3, -0.25) is 0 Å². The summed E-state index contributed by atoms with van der Waals surface area (Å²) in [4.78, 5) is 35.6. The van der Waals surface area contributed by atoms with E-state index in [-0.39, 0.29) is 13.2 Å². The van der Waals surface area contributed by atoms with Crippen LogP contribution in [0.1, 0.15) is 27.8 Å². The molecule has 186 valence electrons. The summed E-state index contributed by atoms with van der Waals surface area (Å²) in [6.45, 7) is 6.20. The highest BCUT2D eigenvalue weighted by Gasteiger charge is 2.14. The van der Waals surface area contributed by atoms with Crippen molar-refractivity contribution in [2.45, 2.75) is 33.9 Å². The fourth-order valence-electron chi connectivity index (χ4n) is 4.05. The third kappa shape index (κ3) is 5.57. The topological polar surface area (TPSA) is 124 Å². The van der Waals surface area contributed by atoms with Gasteiger partial charge in [-0.25, -0.2) is 19.4 Å². The Morgan fingerprint density at radius 2 is 1.67 bits per heavy atom. The van der Waals surface area contributed by atoms with Gasteiger partial charge in [0.05, 0.1) is 6.54 Å². The highest BCUT2D eigenvalue weighted by atomic mass is 16.5. The molecule has 3 aromatic carbocycles. The van der Waals surface area contributed by atoms with Crippen LogP contribution in [-0.2, 0) is 17.9 Å². The number of nitrogens with one attached hydrogen (secondary N) is 1. The lowest BCUT2D eigenvalue weighted by Crippen LogP contribution is -2.17. The van der Waals surface area contributed by atoms with Crippen molar-refractivity contribution < 1.29 is 23.9 Å². The molecule has 0 aliphatic rings. The summed E-state index contributed by atoms with van der Waals surface area (Å²) in [5, 5.41) is 8.83. The average molecular weight is 491 g/mol. The van der Waals surface area contributed by atoms with Gasteiger partial charge in [-0.15, -0.1) is 4.74 Å². The molecule has 4 aromatic rings. The third-order valence-corrected chi connectivity index (χ3v) is 5.89. The SMILES string of the molecule is Cc1cc(OCC(=O)O)ccc1-c1c(C)ccc(COc2ccc(Cn3oc(=O)[nH]c3=O)cc2)c1C. The van der Waals surface area contributed by atoms with E-state index in [2.05, 4.69) is 24.9 Å². The molecule has 0 radical (unpaired) electrons. The molecule has 4 rings (SSSR count). The molecule has 0 amide bonds. The van der Waals surface area contributed by atoms with Crippen molar-refractivity contribution in [2.24, 2.45) is 0 Å². The number of H-pyrrole nitrogens is 1. The number of nitrogens with zero attached hydrogens (tertiary/aromatic N) is 1. The molecule has 0 fully saturated rings. The number of hydrogen-bond acceptors (Lipinski definition) is 6. The van der Waals surface area contributed by atoms with Crippen molar-refractivity contribution >= 4 is 5.97 Å². The first-order valence-corrected chi connectivity index (χ1v) is 11.3. The number of carboxylic acids is 1. The maximum absolute atomic E-state index is 11.6. The van der Waals surface area contributed by atoms with E-state index < -0.39 is 17.4 Å². The number of benzene rings is 3. The molecule has 1 aromatic heterocycles. The number of ether oxygens (including phenoxy) is 2. The van der Waals surface area contributed by atoms with Crippen LogP contribution in [0.5, 0.6) is 11.5 Å². The quantitative estimate of drug-likeness (QED) is 0.366. The molecule has 9 heteroatoms. The van der Waals surface area contributed by atoms with E-state index in [0.29, 0.717) is 18.1 Å². The number of rotatable bonds is 9. The lowest BCUT2D eigenvalue weighted by atomic mass is 9.90. The van der Waals surface area contributed by atoms with Crippen LogP contribution < -0.4 is 20.9 Å². The van der Waals surface area contributed by atoms with E-state index in [0.717, 1.165) is 43.7 Å². The molecule has 0 atom stereocenters. The zero-order valence-corrected chi connectivity index (χ0v) is 20.2. The number of aromatic amines is 1. The predicted octanol–water partition coefficient (Wildman–Crippen LogP) is 3.81. The molecule has 0 spiro atoms. The minimum atomic E-state index is -1.02. The lowest BCUT2D eigenvalue weighted by Gasteiger charge is -2.18. The van der Waals surface area contributed by atoms with Crippen LogP contribution in [0.3, 0.4) is 0 Å². The minimum absolute atomic E-state index is 0.137. The molecule has 0 aliphatic heterocycles. The summed E-state index contributed by atoms with van der Waals surface area (Å²) < 4.78 is 17.1. The van der Waals surface area contributed by atoms with Gasteiger partial charge in [-0.1, -0.05) is 30.3 Å². The highest BCUT2D eigenvalue weighted by molar-refractivity contribution is 5.75. The molecule has 0 unspecified atom stereocenters. The lowest BCUT2D eigenvalue weighted by molar-refractivity contribution is -0.139. The molecular weight excluding hydrogens is 464 g/mol. The molecule has 0 bridgehead atoms. The van der Waals surface area contributed by atoms with Gasteiger partial charge < -0.3 is 19.1 Å². The van der Waals surface area contributed by atoms with Gasteiger partial charge in [0.1, 0.15) is 18.1 Å². The Morgan fingerprint density at radius 1 is 0.944 bits per heavy atom. The summed E-state index contributed by atoms with van der Waals surface area (Å²) >= 11 is 0. The monoisotopic (exact) mass is 490 g/mol. The molecule has 0 saturated heterocycles. The second kappa shape index (κ2) is 10.4. The summed E-state index contributed by atoms with van der Waals surface area (Å²) in [6.07, 6.45) is 0. The van der Waals surface area contributed by atoms with Gasteiger partial charge in [-0.2, -0.15) is 0 Å². The first kappa shape index (κ1) is 24.6. The van der Waals surface area contributed by atoms with Crippen molar-refractivity contribution in [1.82, 2.24) is 9.72 Å². The highest BCUT2D eigenvalue weighted by Crippen LogP contribution is 2.34. The predicted molar refractivity (Wildman–Crippen MR) is 133 cm³/mol. The van der Waals surface area contributed by atoms with Gasteiger partial charge in [0.2, 0.25) is 0 Å². The first-order chi connectivity index (χ1) is 17.2. The fourth-order valence-corrected chi connectivity index (χ4v) is 4.05. The Morgan fingerprint density at radius 3 is 2.31 bits per heavy atom. The maximum atomic E-state index is 11.6. The van der Waals surface area contributed by atoms with Crippen LogP contribution in [0.2, 0.25) is 0 Å². The average Bonchev–Trinajstić information content (AvgIpc) is 3.15. The van der Waals surface area contributed by atoms with Crippen molar-refractivity contribution in [3.63, 3.8) is 0 Å². The van der Waals surface area contributed by atoms with Crippen LogP contribution in [0.25, 0.3) is 11.1 Å². The second-order valence-corrected chi connectivity index (χ2v) is 8.48. The van der Waals surface area contributed by atoms with Crippen LogP contribution in [0.4, 0.5) is 0 Å². The van der Waals surface area contributed by atoms with Crippen LogP contribution in [0.15, 0.2) is 68.7 Å². The standard InChI is InChI=1S/C27H26N2O7/c1-16-4-7-20(18(3)25(16)23-11-10-22(12-17(23)2)35-15-24(30)31)14-34-21-8-5-19(6-9-21)13-29-26(32)28-27(33)36-29/h4-12H,13-15H2,1-3H3,(H,30,31)(H,28,32,33). The Bertz CT molecular complexity index is 1510. The van der Waals surface area contributed by atoms with E-state index >= 15 is 0 Å². The number of aliphatic carboxylic acids is 1. The van der Waals surface area contributed by atoms with E-state index in [9.17, 15) is 14.4 Å². The van der Waals surface area contributed by atoms with Gasteiger partial charge in [0.15, 0.2) is 6.61 Å². The normalized spacial score (nSPS) is 10.9. The summed E-state index contributed by atoms with van der Waals surface area (Å²) in [7, 11) is 0. The first-order valence-electron chi connectivity index (χ1n) is 11.3. The summed E-state index contributed by atoms with van der Waals surface area (Å²) in [6, 6.07) is 16.9. The zero-order chi connectivity index (χ0) is 25.8. The molecule has 0 saturated carbocycles. The molecular formula is C27H26N2O7. The van der Waals surface area contributed by atoms with Crippen molar-refractivity contribution in [2.75, 3.05) is 6.61 Å². The van der Waals surface area contributed by atoms with E-state index in [1.807, 2.05) is 25.1 Å². The van der Waals surface area contributed by atoms with Crippen LogP contribution >= 0.6 is 0 Å². The maximum Gasteiger partial charge on any atom is 0.440 e. The van der Waals surface area contributed by atoms with Crippen LogP contribution in [-0.4, -0.2) is 27.4 Å². The van der Waals surface area contributed by atoms with Crippen molar-refractivity contribution in [1.29, 1.82) is 0 Å². The van der Waals surface area contributed by atoms with E-state index in [1.54, 1.807) is 30.3 Å². The van der Waals surface area contributed by atoms with E-state index in [1.165, 1.54) is 0 Å². The second-order valence-electron chi connectivity index (χ2n) is 8.48. The number of hydrogen-bond donors (Lipinski definition) is 2. The number of aromatic nitrogens is 2. The number of carbonyl (C=O) groups is 1. The largest absolute Gasteiger partial charge is 0.489 e. The van der Waals surface area contributed by atoms with Gasteiger partial charge in [0, 0.05) is 0 Å². The Balaban J connectivity index is 1.49. The van der Waals surface area contributed by atoms with Crippen LogP contribution in [0, 0.1) is 20.8 Å². The van der Waals surface area contributed by atoms with Gasteiger partial charge in [0.25, 0.3) is 0 Å². The van der Waals surface area contributed by atoms with Gasteiger partial charge >= 0.3 is 17.4 Å². The Labute approximate surface area is 206 Å². The Kier molecular flexibility index (Phi) is 7.10. The van der Waals surface area contributed by atoms with Crippen molar-refractivity contribution in [3.8, 4) is 22.6 Å². The summed E-state index contributed by atoms with van der Waals surface area (Å²) in [5.41, 5.74) is 6.57. The molecule has 1 heterocycles. The van der Waals surface area contributed by atoms with E-state index in [4.69, 9.17) is 19.1 Å². The fraction of sp³-hybridized carbons (Fsp3) is 0.222. The molecule has 36 heavy (non-hydrogen) atoms. The molecule has 2 N–H and O–H groups in total. The smallest absolute Gasteiger partial charge is 0.440 e. The Hall–Kier alpha value is -4.53. The summed E-state index contributed by atoms with van der Waals surface area (Å²) in [5.74, 6) is -0.625. The van der Waals surface area contributed by atoms with Gasteiger partial charge in [-0.05, 0) is 84.0 Å². The minimum Gasteiger partial charge on any atom is -0.489 e. The number of aryl methyl sites for hydroxylation is 2. The molecule has 9 nitrogen and oxygen atoms in total. The van der Waals surface area contributed by atoms with Crippen molar-refractivity contribution in [3.05, 3.63) is 103 Å². The third-order valence-electron chi connectivity index (χ3n) is 5.89. The zero-order valence-electron chi connectivity index (χ0n) is 20.2. The molecule has 0 aliphatic carbocycles.